The first kappa shape index (κ1) is 31.7. The van der Waals surface area contributed by atoms with E-state index in [1.54, 1.807) is 0 Å². The Labute approximate surface area is 205 Å². The van der Waals surface area contributed by atoms with E-state index in [0.717, 1.165) is 6.04 Å². The molecule has 0 aromatic carbocycles. The highest BCUT2D eigenvalue weighted by Crippen LogP contribution is 2.16. The molecular formula is C31H63N. The molecule has 0 rings (SSSR count). The lowest BCUT2D eigenvalue weighted by molar-refractivity contribution is 0.254. The lowest BCUT2D eigenvalue weighted by atomic mass is 10.0. The van der Waals surface area contributed by atoms with Crippen molar-refractivity contribution in [3.05, 3.63) is 12.2 Å². The van der Waals surface area contributed by atoms with E-state index < -0.39 is 0 Å². The topological polar surface area (TPSA) is 3.24 Å². The molecule has 0 aromatic rings. The zero-order valence-corrected chi connectivity index (χ0v) is 23.1. The first-order valence-corrected chi connectivity index (χ1v) is 15.0. The second-order valence-corrected chi connectivity index (χ2v) is 10.6. The molecule has 0 aromatic heterocycles. The van der Waals surface area contributed by atoms with Gasteiger partial charge in [-0.05, 0) is 52.6 Å². The highest BCUT2D eigenvalue weighted by atomic mass is 15.1. The first-order valence-electron chi connectivity index (χ1n) is 15.0. The van der Waals surface area contributed by atoms with Crippen LogP contribution in [0.4, 0.5) is 0 Å². The largest absolute Gasteiger partial charge is 0.306 e. The number of hydrogen-bond donors (Lipinski definition) is 0. The summed E-state index contributed by atoms with van der Waals surface area (Å²) in [7, 11) is 4.55. The van der Waals surface area contributed by atoms with Crippen molar-refractivity contribution in [3.8, 4) is 0 Å². The van der Waals surface area contributed by atoms with Crippen LogP contribution in [0.5, 0.6) is 0 Å². The van der Waals surface area contributed by atoms with Crippen molar-refractivity contribution >= 4 is 0 Å². The summed E-state index contributed by atoms with van der Waals surface area (Å²) in [4.78, 5) is 2.47. The van der Waals surface area contributed by atoms with Crippen LogP contribution in [0.2, 0.25) is 0 Å². The summed E-state index contributed by atoms with van der Waals surface area (Å²) in [6, 6.07) is 0.787. The number of hydrogen-bond acceptors (Lipinski definition) is 1. The van der Waals surface area contributed by atoms with E-state index in [2.05, 4.69) is 45.0 Å². The SMILES string of the molecule is CCCCCCCCCCCCCC/C=C\CCC[C@@H](CCCCCCCCC)N(C)C. The minimum Gasteiger partial charge on any atom is -0.306 e. The van der Waals surface area contributed by atoms with Gasteiger partial charge in [0.05, 0.1) is 0 Å². The standard InChI is InChI=1S/C31H63N/c1-5-7-9-11-13-14-15-16-17-18-19-20-21-22-24-26-28-30-31(32(3)4)29-27-25-23-12-10-8-6-2/h22,24,31H,5-21,23,25-30H2,1-4H3/b24-22-/t31-/m1/s1. The molecule has 32 heavy (non-hydrogen) atoms. The van der Waals surface area contributed by atoms with Crippen LogP contribution in [0.25, 0.3) is 0 Å². The van der Waals surface area contributed by atoms with Crippen LogP contribution in [0, 0.1) is 0 Å². The molecule has 0 bridgehead atoms. The van der Waals surface area contributed by atoms with Crippen molar-refractivity contribution in [2.24, 2.45) is 0 Å². The van der Waals surface area contributed by atoms with Gasteiger partial charge < -0.3 is 4.90 Å². The summed E-state index contributed by atoms with van der Waals surface area (Å²) in [5, 5.41) is 0. The molecule has 1 nitrogen and oxygen atoms in total. The first-order chi connectivity index (χ1) is 15.7. The predicted molar refractivity (Wildman–Crippen MR) is 149 cm³/mol. The molecule has 0 heterocycles. The van der Waals surface area contributed by atoms with Gasteiger partial charge >= 0.3 is 0 Å². The van der Waals surface area contributed by atoms with E-state index >= 15 is 0 Å². The molecule has 192 valence electrons. The van der Waals surface area contributed by atoms with Crippen LogP contribution in [0.1, 0.15) is 168 Å². The summed E-state index contributed by atoms with van der Waals surface area (Å²) in [6.07, 6.45) is 38.9. The van der Waals surface area contributed by atoms with E-state index in [1.807, 2.05) is 0 Å². The monoisotopic (exact) mass is 449 g/mol. The quantitative estimate of drug-likeness (QED) is 0.0937. The molecule has 0 fully saturated rings. The zero-order chi connectivity index (χ0) is 23.5. The number of allylic oxidation sites excluding steroid dienone is 2. The van der Waals surface area contributed by atoms with Gasteiger partial charge in [-0.2, -0.15) is 0 Å². The maximum atomic E-state index is 2.47. The van der Waals surface area contributed by atoms with Gasteiger partial charge in [0, 0.05) is 6.04 Å². The average molecular weight is 450 g/mol. The van der Waals surface area contributed by atoms with E-state index in [0.29, 0.717) is 0 Å². The van der Waals surface area contributed by atoms with Crippen LogP contribution in [0.15, 0.2) is 12.2 Å². The van der Waals surface area contributed by atoms with Gasteiger partial charge in [0.2, 0.25) is 0 Å². The fourth-order valence-corrected chi connectivity index (χ4v) is 4.81. The third-order valence-electron chi connectivity index (χ3n) is 7.17. The van der Waals surface area contributed by atoms with Gasteiger partial charge in [-0.3, -0.25) is 0 Å². The van der Waals surface area contributed by atoms with Gasteiger partial charge in [0.1, 0.15) is 0 Å². The van der Waals surface area contributed by atoms with E-state index in [-0.39, 0.29) is 0 Å². The summed E-state index contributed by atoms with van der Waals surface area (Å²) in [5.74, 6) is 0. The molecule has 0 spiro atoms. The summed E-state index contributed by atoms with van der Waals surface area (Å²) in [5.41, 5.74) is 0. The van der Waals surface area contributed by atoms with Crippen molar-refractivity contribution in [2.75, 3.05) is 14.1 Å². The lowest BCUT2D eigenvalue weighted by Gasteiger charge is -2.24. The van der Waals surface area contributed by atoms with Gasteiger partial charge in [-0.25, -0.2) is 0 Å². The third-order valence-corrected chi connectivity index (χ3v) is 7.17. The lowest BCUT2D eigenvalue weighted by Crippen LogP contribution is -2.27. The third kappa shape index (κ3) is 24.3. The second-order valence-electron chi connectivity index (χ2n) is 10.6. The molecule has 0 aliphatic heterocycles. The Hall–Kier alpha value is -0.300. The second kappa shape index (κ2) is 26.9. The molecule has 0 amide bonds. The van der Waals surface area contributed by atoms with Crippen molar-refractivity contribution in [1.82, 2.24) is 4.90 Å². The maximum absolute atomic E-state index is 2.47. The molecule has 0 N–H and O–H groups in total. The molecule has 1 heteroatoms. The van der Waals surface area contributed by atoms with Crippen molar-refractivity contribution < 1.29 is 0 Å². The Bertz CT molecular complexity index is 359. The number of nitrogens with zero attached hydrogens (tertiary/aromatic N) is 1. The zero-order valence-electron chi connectivity index (χ0n) is 23.1. The minimum atomic E-state index is 0.787. The normalized spacial score (nSPS) is 12.9. The summed E-state index contributed by atoms with van der Waals surface area (Å²) < 4.78 is 0. The highest BCUT2D eigenvalue weighted by Gasteiger charge is 2.10. The van der Waals surface area contributed by atoms with E-state index in [1.165, 1.54) is 154 Å². The van der Waals surface area contributed by atoms with Crippen molar-refractivity contribution in [3.63, 3.8) is 0 Å². The van der Waals surface area contributed by atoms with Gasteiger partial charge in [-0.1, -0.05) is 142 Å². The van der Waals surface area contributed by atoms with Crippen molar-refractivity contribution in [2.45, 2.75) is 174 Å². The summed E-state index contributed by atoms with van der Waals surface area (Å²) >= 11 is 0. The van der Waals surface area contributed by atoms with Crippen LogP contribution >= 0.6 is 0 Å². The van der Waals surface area contributed by atoms with Crippen molar-refractivity contribution in [1.29, 1.82) is 0 Å². The molecule has 1 atom stereocenters. The molecular weight excluding hydrogens is 386 g/mol. The molecule has 0 aliphatic carbocycles. The van der Waals surface area contributed by atoms with Crippen LogP contribution in [0.3, 0.4) is 0 Å². The van der Waals surface area contributed by atoms with E-state index in [4.69, 9.17) is 0 Å². The Morgan fingerprint density at radius 2 is 0.781 bits per heavy atom. The molecule has 0 radical (unpaired) electrons. The molecule has 0 saturated heterocycles. The predicted octanol–water partition coefficient (Wildman–Crippen LogP) is 10.9. The fourth-order valence-electron chi connectivity index (χ4n) is 4.81. The average Bonchev–Trinajstić information content (AvgIpc) is 2.78. The van der Waals surface area contributed by atoms with Gasteiger partial charge in [0.25, 0.3) is 0 Å². The van der Waals surface area contributed by atoms with Crippen LogP contribution < -0.4 is 0 Å². The highest BCUT2D eigenvalue weighted by molar-refractivity contribution is 4.82. The Morgan fingerprint density at radius 3 is 1.22 bits per heavy atom. The van der Waals surface area contributed by atoms with Gasteiger partial charge in [-0.15, -0.1) is 0 Å². The fraction of sp³-hybridized carbons (Fsp3) is 0.935. The molecule has 0 saturated carbocycles. The van der Waals surface area contributed by atoms with E-state index in [9.17, 15) is 0 Å². The smallest absolute Gasteiger partial charge is 0.00892 e. The number of unbranched alkanes of at least 4 members (excludes halogenated alkanes) is 19. The van der Waals surface area contributed by atoms with Gasteiger partial charge in [0.15, 0.2) is 0 Å². The summed E-state index contributed by atoms with van der Waals surface area (Å²) in [6.45, 7) is 4.60. The Morgan fingerprint density at radius 1 is 0.438 bits per heavy atom. The Balaban J connectivity index is 3.43. The molecule has 0 aliphatic rings. The molecule has 0 unspecified atom stereocenters. The van der Waals surface area contributed by atoms with Crippen LogP contribution in [-0.2, 0) is 0 Å². The maximum Gasteiger partial charge on any atom is 0.00892 e. The Kier molecular flexibility index (Phi) is 26.7. The number of rotatable bonds is 26. The van der Waals surface area contributed by atoms with Crippen LogP contribution in [-0.4, -0.2) is 25.0 Å². The minimum absolute atomic E-state index is 0.787.